The Bertz CT molecular complexity index is 527. The quantitative estimate of drug-likeness (QED) is 0.888. The number of benzene rings is 1. The number of alkyl halides is 3. The van der Waals surface area contributed by atoms with E-state index in [0.29, 0.717) is 0 Å². The third kappa shape index (κ3) is 3.04. The smallest absolute Gasteiger partial charge is 0.416 e. The Hall–Kier alpha value is -2.05. The first-order valence-electron chi connectivity index (χ1n) is 5.50. The molecule has 1 fully saturated rings. The van der Waals surface area contributed by atoms with Gasteiger partial charge in [0.05, 0.1) is 17.4 Å². The van der Waals surface area contributed by atoms with Crippen LogP contribution in [0, 0.1) is 11.8 Å². The lowest BCUT2D eigenvalue weighted by molar-refractivity contribution is -0.139. The minimum absolute atomic E-state index is 0.0101. The number of nitrogens with one attached hydrogen (secondary N) is 1. The highest BCUT2D eigenvalue weighted by molar-refractivity contribution is 5.98. The van der Waals surface area contributed by atoms with E-state index in [1.165, 1.54) is 12.1 Å². The zero-order chi connectivity index (χ0) is 14.2. The fourth-order valence-electron chi connectivity index (χ4n) is 1.77. The SMILES string of the molecule is O=C(O)[C@H]1C[C@H]1C(=O)Nc1cccc(C(F)(F)F)c1. The summed E-state index contributed by atoms with van der Waals surface area (Å²) in [4.78, 5) is 22.2. The fraction of sp³-hybridized carbons (Fsp3) is 0.333. The van der Waals surface area contributed by atoms with Crippen molar-refractivity contribution < 1.29 is 27.9 Å². The summed E-state index contributed by atoms with van der Waals surface area (Å²) in [5.41, 5.74) is -0.855. The van der Waals surface area contributed by atoms with Crippen LogP contribution < -0.4 is 5.32 Å². The summed E-state index contributed by atoms with van der Waals surface area (Å²) in [5.74, 6) is -3.02. The molecule has 102 valence electrons. The van der Waals surface area contributed by atoms with Crippen molar-refractivity contribution in [3.8, 4) is 0 Å². The summed E-state index contributed by atoms with van der Waals surface area (Å²) in [6.07, 6.45) is -4.26. The Kier molecular flexibility index (Phi) is 3.21. The van der Waals surface area contributed by atoms with E-state index < -0.39 is 35.5 Å². The van der Waals surface area contributed by atoms with Crippen LogP contribution in [-0.4, -0.2) is 17.0 Å². The highest BCUT2D eigenvalue weighted by Crippen LogP contribution is 2.39. The highest BCUT2D eigenvalue weighted by atomic mass is 19.4. The monoisotopic (exact) mass is 273 g/mol. The molecule has 1 aliphatic carbocycles. The predicted molar refractivity (Wildman–Crippen MR) is 59.3 cm³/mol. The summed E-state index contributed by atoms with van der Waals surface area (Å²) in [7, 11) is 0. The molecule has 2 N–H and O–H groups in total. The largest absolute Gasteiger partial charge is 0.481 e. The Morgan fingerprint density at radius 2 is 1.95 bits per heavy atom. The van der Waals surface area contributed by atoms with E-state index in [2.05, 4.69) is 5.32 Å². The Morgan fingerprint density at radius 1 is 1.26 bits per heavy atom. The first-order chi connectivity index (χ1) is 8.79. The molecule has 1 aliphatic rings. The lowest BCUT2D eigenvalue weighted by Crippen LogP contribution is -2.17. The molecule has 0 unspecified atom stereocenters. The predicted octanol–water partition coefficient (Wildman–Crippen LogP) is 2.36. The van der Waals surface area contributed by atoms with Crippen LogP contribution in [0.1, 0.15) is 12.0 Å². The van der Waals surface area contributed by atoms with Gasteiger partial charge in [-0.15, -0.1) is 0 Å². The van der Waals surface area contributed by atoms with Crippen LogP contribution >= 0.6 is 0 Å². The number of hydrogen-bond donors (Lipinski definition) is 2. The molecule has 7 heteroatoms. The molecule has 4 nitrogen and oxygen atoms in total. The number of rotatable bonds is 3. The highest BCUT2D eigenvalue weighted by Gasteiger charge is 2.48. The van der Waals surface area contributed by atoms with Crippen LogP contribution in [0.4, 0.5) is 18.9 Å². The van der Waals surface area contributed by atoms with Gasteiger partial charge in [-0.1, -0.05) is 6.07 Å². The number of anilines is 1. The minimum Gasteiger partial charge on any atom is -0.481 e. The van der Waals surface area contributed by atoms with E-state index in [1.807, 2.05) is 0 Å². The summed E-state index contributed by atoms with van der Waals surface area (Å²) in [6.45, 7) is 0. The molecule has 0 bridgehead atoms. The van der Waals surface area contributed by atoms with Crippen LogP contribution in [0.5, 0.6) is 0 Å². The van der Waals surface area contributed by atoms with Crippen LogP contribution in [0.3, 0.4) is 0 Å². The van der Waals surface area contributed by atoms with Gasteiger partial charge in [0.15, 0.2) is 0 Å². The molecule has 0 aromatic heterocycles. The van der Waals surface area contributed by atoms with Gasteiger partial charge < -0.3 is 10.4 Å². The molecular formula is C12H10F3NO3. The molecule has 1 aromatic rings. The van der Waals surface area contributed by atoms with E-state index >= 15 is 0 Å². The normalized spacial score (nSPS) is 21.8. The third-order valence-electron chi connectivity index (χ3n) is 2.90. The molecular weight excluding hydrogens is 263 g/mol. The number of carboxylic acids is 1. The van der Waals surface area contributed by atoms with E-state index in [1.54, 1.807) is 0 Å². The molecule has 1 saturated carbocycles. The van der Waals surface area contributed by atoms with E-state index in [4.69, 9.17) is 5.11 Å². The second-order valence-corrected chi connectivity index (χ2v) is 4.35. The molecule has 0 radical (unpaired) electrons. The van der Waals surface area contributed by atoms with E-state index in [-0.39, 0.29) is 12.1 Å². The maximum atomic E-state index is 12.5. The Morgan fingerprint density at radius 3 is 2.47 bits per heavy atom. The van der Waals surface area contributed by atoms with Crippen LogP contribution in [-0.2, 0) is 15.8 Å². The van der Waals surface area contributed by atoms with Crippen molar-refractivity contribution in [3.05, 3.63) is 29.8 Å². The van der Waals surface area contributed by atoms with Crippen molar-refractivity contribution in [2.45, 2.75) is 12.6 Å². The standard InChI is InChI=1S/C12H10F3NO3/c13-12(14,15)6-2-1-3-7(4-6)16-10(17)8-5-9(8)11(18)19/h1-4,8-9H,5H2,(H,16,17)(H,18,19)/t8-,9+/m1/s1. The summed E-state index contributed by atoms with van der Waals surface area (Å²) >= 11 is 0. The van der Waals surface area contributed by atoms with Gasteiger partial charge in [0, 0.05) is 5.69 Å². The molecule has 1 amide bonds. The second-order valence-electron chi connectivity index (χ2n) is 4.35. The molecule has 0 spiro atoms. The van der Waals surface area contributed by atoms with Gasteiger partial charge in [-0.3, -0.25) is 9.59 Å². The Balaban J connectivity index is 2.04. The van der Waals surface area contributed by atoms with Crippen LogP contribution in [0.2, 0.25) is 0 Å². The number of halogens is 3. The lowest BCUT2D eigenvalue weighted by Gasteiger charge is -2.09. The molecule has 2 rings (SSSR count). The number of hydrogen-bond acceptors (Lipinski definition) is 2. The first kappa shape index (κ1) is 13.4. The van der Waals surface area contributed by atoms with Gasteiger partial charge in [-0.05, 0) is 24.6 Å². The van der Waals surface area contributed by atoms with Gasteiger partial charge in [0.25, 0.3) is 0 Å². The van der Waals surface area contributed by atoms with Gasteiger partial charge in [-0.2, -0.15) is 13.2 Å². The van der Waals surface area contributed by atoms with Crippen molar-refractivity contribution in [3.63, 3.8) is 0 Å². The Labute approximate surface area is 106 Å². The van der Waals surface area contributed by atoms with Crippen LogP contribution in [0.15, 0.2) is 24.3 Å². The van der Waals surface area contributed by atoms with Gasteiger partial charge in [-0.25, -0.2) is 0 Å². The maximum Gasteiger partial charge on any atom is 0.416 e. The van der Waals surface area contributed by atoms with E-state index in [9.17, 15) is 22.8 Å². The van der Waals surface area contributed by atoms with Crippen molar-refractivity contribution in [2.75, 3.05) is 5.32 Å². The van der Waals surface area contributed by atoms with Gasteiger partial charge >= 0.3 is 12.1 Å². The number of aliphatic carboxylic acids is 1. The lowest BCUT2D eigenvalue weighted by atomic mass is 10.2. The molecule has 1 aromatic carbocycles. The number of amides is 1. The molecule has 2 atom stereocenters. The number of carbonyl (C=O) groups excluding carboxylic acids is 1. The summed E-state index contributed by atoms with van der Waals surface area (Å²) < 4.78 is 37.4. The average Bonchev–Trinajstić information content (AvgIpc) is 3.08. The topological polar surface area (TPSA) is 66.4 Å². The van der Waals surface area contributed by atoms with Gasteiger partial charge in [0.2, 0.25) is 5.91 Å². The molecule has 0 heterocycles. The fourth-order valence-corrected chi connectivity index (χ4v) is 1.77. The molecule has 0 aliphatic heterocycles. The zero-order valence-electron chi connectivity index (χ0n) is 9.57. The number of carboxylic acid groups (broad SMARTS) is 1. The van der Waals surface area contributed by atoms with Crippen molar-refractivity contribution in [1.29, 1.82) is 0 Å². The summed E-state index contributed by atoms with van der Waals surface area (Å²) in [5, 5.41) is 11.0. The zero-order valence-corrected chi connectivity index (χ0v) is 9.57. The van der Waals surface area contributed by atoms with Crippen molar-refractivity contribution in [2.24, 2.45) is 11.8 Å². The average molecular weight is 273 g/mol. The van der Waals surface area contributed by atoms with Crippen molar-refractivity contribution in [1.82, 2.24) is 0 Å². The maximum absolute atomic E-state index is 12.5. The second kappa shape index (κ2) is 4.56. The van der Waals surface area contributed by atoms with Gasteiger partial charge in [0.1, 0.15) is 0 Å². The minimum atomic E-state index is -4.48. The van der Waals surface area contributed by atoms with Crippen LogP contribution in [0.25, 0.3) is 0 Å². The molecule has 19 heavy (non-hydrogen) atoms. The third-order valence-corrected chi connectivity index (χ3v) is 2.90. The van der Waals surface area contributed by atoms with E-state index in [0.717, 1.165) is 12.1 Å². The summed E-state index contributed by atoms with van der Waals surface area (Å²) in [6, 6.07) is 4.22. The number of carbonyl (C=O) groups is 2. The van der Waals surface area contributed by atoms with Crippen molar-refractivity contribution >= 4 is 17.6 Å². The molecule has 0 saturated heterocycles. The first-order valence-corrected chi connectivity index (χ1v) is 5.50.